The predicted molar refractivity (Wildman–Crippen MR) is 127 cm³/mol. The van der Waals surface area contributed by atoms with E-state index in [2.05, 4.69) is 43.0 Å². The van der Waals surface area contributed by atoms with Crippen molar-refractivity contribution in [2.75, 3.05) is 13.1 Å². The highest BCUT2D eigenvalue weighted by Crippen LogP contribution is 2.41. The molecule has 2 aromatic rings. The fourth-order valence-corrected chi connectivity index (χ4v) is 5.54. The standard InChI is InChI=1S/C28H37NO3/c1-27(2,22-12-6-3-7-13-22)29-20-18-25(19-21-29)32-26(30)28(31,23-14-8-4-9-15-23)24-16-10-5-11-17-24/h3-4,6-9,12-15,24-25,31H,5,10-11,16-21H2,1-2H3. The van der Waals surface area contributed by atoms with E-state index in [9.17, 15) is 9.90 Å². The van der Waals surface area contributed by atoms with Crippen molar-refractivity contribution in [1.82, 2.24) is 4.90 Å². The van der Waals surface area contributed by atoms with Crippen molar-refractivity contribution >= 4 is 5.97 Å². The molecule has 0 radical (unpaired) electrons. The van der Waals surface area contributed by atoms with Crippen LogP contribution < -0.4 is 0 Å². The predicted octanol–water partition coefficient (Wildman–Crippen LogP) is 5.40. The van der Waals surface area contributed by atoms with E-state index in [1.807, 2.05) is 36.4 Å². The highest BCUT2D eigenvalue weighted by molar-refractivity contribution is 5.81. The average molecular weight is 436 g/mol. The summed E-state index contributed by atoms with van der Waals surface area (Å²) in [6.07, 6.45) is 6.44. The Morgan fingerprint density at radius 1 is 0.844 bits per heavy atom. The lowest BCUT2D eigenvalue weighted by Gasteiger charge is -2.44. The minimum atomic E-state index is -1.55. The third-order valence-electron chi connectivity index (χ3n) is 7.71. The van der Waals surface area contributed by atoms with Gasteiger partial charge >= 0.3 is 5.97 Å². The Labute approximate surface area is 192 Å². The molecule has 0 amide bonds. The zero-order chi connectivity index (χ0) is 22.6. The molecule has 2 fully saturated rings. The third kappa shape index (κ3) is 4.62. The van der Waals surface area contributed by atoms with Crippen LogP contribution in [0, 0.1) is 5.92 Å². The maximum absolute atomic E-state index is 13.4. The molecule has 0 bridgehead atoms. The van der Waals surface area contributed by atoms with E-state index in [4.69, 9.17) is 4.74 Å². The topological polar surface area (TPSA) is 49.8 Å². The summed E-state index contributed by atoms with van der Waals surface area (Å²) in [4.78, 5) is 15.9. The van der Waals surface area contributed by atoms with Crippen LogP contribution >= 0.6 is 0 Å². The Balaban J connectivity index is 1.44. The molecule has 1 unspecified atom stereocenters. The van der Waals surface area contributed by atoms with Crippen molar-refractivity contribution in [3.63, 3.8) is 0 Å². The van der Waals surface area contributed by atoms with Gasteiger partial charge in [-0.15, -0.1) is 0 Å². The van der Waals surface area contributed by atoms with E-state index in [1.165, 1.54) is 12.0 Å². The van der Waals surface area contributed by atoms with Crippen molar-refractivity contribution in [1.29, 1.82) is 0 Å². The molecule has 1 aliphatic heterocycles. The highest BCUT2D eigenvalue weighted by atomic mass is 16.6. The number of esters is 1. The lowest BCUT2D eigenvalue weighted by molar-refractivity contribution is -0.183. The quantitative estimate of drug-likeness (QED) is 0.618. The number of likely N-dealkylation sites (tertiary alicyclic amines) is 1. The van der Waals surface area contributed by atoms with Crippen LogP contribution in [0.4, 0.5) is 0 Å². The Bertz CT molecular complexity index is 868. The first-order valence-corrected chi connectivity index (χ1v) is 12.2. The van der Waals surface area contributed by atoms with Gasteiger partial charge in [-0.25, -0.2) is 4.79 Å². The molecule has 0 aromatic heterocycles. The number of hydrogen-bond acceptors (Lipinski definition) is 4. The zero-order valence-corrected chi connectivity index (χ0v) is 19.5. The van der Waals surface area contributed by atoms with Crippen LogP contribution in [-0.2, 0) is 20.7 Å². The van der Waals surface area contributed by atoms with Gasteiger partial charge in [0.25, 0.3) is 0 Å². The van der Waals surface area contributed by atoms with Crippen LogP contribution in [0.15, 0.2) is 60.7 Å². The summed E-state index contributed by atoms with van der Waals surface area (Å²) in [5.41, 5.74) is 0.344. The van der Waals surface area contributed by atoms with Gasteiger partial charge in [0.1, 0.15) is 6.10 Å². The zero-order valence-electron chi connectivity index (χ0n) is 19.5. The van der Waals surface area contributed by atoms with E-state index < -0.39 is 11.6 Å². The smallest absolute Gasteiger partial charge is 0.343 e. The SMILES string of the molecule is CC(C)(c1ccccc1)N1CCC(OC(=O)C(O)(c2ccccc2)C2CCCCC2)CC1. The minimum absolute atomic E-state index is 0.0664. The molecule has 1 saturated carbocycles. The van der Waals surface area contributed by atoms with Crippen LogP contribution in [0.25, 0.3) is 0 Å². The molecule has 1 heterocycles. The fraction of sp³-hybridized carbons (Fsp3) is 0.536. The second kappa shape index (κ2) is 9.76. The van der Waals surface area contributed by atoms with Gasteiger partial charge in [0.15, 0.2) is 5.60 Å². The summed E-state index contributed by atoms with van der Waals surface area (Å²) >= 11 is 0. The molecule has 1 saturated heterocycles. The monoisotopic (exact) mass is 435 g/mol. The molecule has 0 spiro atoms. The number of hydrogen-bond donors (Lipinski definition) is 1. The largest absolute Gasteiger partial charge is 0.460 e. The van der Waals surface area contributed by atoms with Crippen LogP contribution in [-0.4, -0.2) is 35.2 Å². The molecule has 1 N–H and O–H groups in total. The minimum Gasteiger partial charge on any atom is -0.460 e. The summed E-state index contributed by atoms with van der Waals surface area (Å²) in [6, 6.07) is 20.0. The Kier molecular flexibility index (Phi) is 7.02. The Hall–Kier alpha value is -2.17. The molecule has 1 atom stereocenters. The van der Waals surface area contributed by atoms with Gasteiger partial charge in [-0.1, -0.05) is 79.9 Å². The second-order valence-corrected chi connectivity index (χ2v) is 9.98. The van der Waals surface area contributed by atoms with Crippen LogP contribution in [0.3, 0.4) is 0 Å². The molecule has 2 aromatic carbocycles. The van der Waals surface area contributed by atoms with E-state index in [0.29, 0.717) is 5.56 Å². The molecule has 32 heavy (non-hydrogen) atoms. The maximum atomic E-state index is 13.4. The van der Waals surface area contributed by atoms with E-state index >= 15 is 0 Å². The summed E-state index contributed by atoms with van der Waals surface area (Å²) in [5.74, 6) is -0.542. The molecule has 2 aliphatic rings. The van der Waals surface area contributed by atoms with E-state index in [-0.39, 0.29) is 17.6 Å². The van der Waals surface area contributed by atoms with Crippen molar-refractivity contribution < 1.29 is 14.6 Å². The summed E-state index contributed by atoms with van der Waals surface area (Å²) in [6.45, 7) is 6.25. The summed E-state index contributed by atoms with van der Waals surface area (Å²) in [5, 5.41) is 11.8. The summed E-state index contributed by atoms with van der Waals surface area (Å²) in [7, 11) is 0. The van der Waals surface area contributed by atoms with Crippen molar-refractivity contribution in [3.05, 3.63) is 71.8 Å². The van der Waals surface area contributed by atoms with Crippen LogP contribution in [0.1, 0.15) is 69.9 Å². The average Bonchev–Trinajstić information content (AvgIpc) is 2.85. The first-order valence-electron chi connectivity index (χ1n) is 12.2. The van der Waals surface area contributed by atoms with E-state index in [0.717, 1.165) is 51.6 Å². The van der Waals surface area contributed by atoms with Gasteiger partial charge in [0.2, 0.25) is 0 Å². The molecule has 4 heteroatoms. The lowest BCUT2D eigenvalue weighted by atomic mass is 9.73. The van der Waals surface area contributed by atoms with Gasteiger partial charge in [-0.3, -0.25) is 4.90 Å². The normalized spacial score (nSPS) is 21.1. The number of carbonyl (C=O) groups excluding carboxylic acids is 1. The fourth-order valence-electron chi connectivity index (χ4n) is 5.54. The number of nitrogens with zero attached hydrogens (tertiary/aromatic N) is 1. The number of ether oxygens (including phenoxy) is 1. The van der Waals surface area contributed by atoms with Gasteiger partial charge in [0, 0.05) is 24.5 Å². The first-order chi connectivity index (χ1) is 15.4. The number of aliphatic hydroxyl groups is 1. The second-order valence-electron chi connectivity index (χ2n) is 9.98. The number of piperidine rings is 1. The van der Waals surface area contributed by atoms with Crippen molar-refractivity contribution in [2.24, 2.45) is 5.92 Å². The first kappa shape index (κ1) is 23.0. The molecule has 4 rings (SSSR count). The Morgan fingerprint density at radius 3 is 1.94 bits per heavy atom. The molecule has 4 nitrogen and oxygen atoms in total. The van der Waals surface area contributed by atoms with E-state index in [1.54, 1.807) is 0 Å². The number of rotatable bonds is 6. The highest BCUT2D eigenvalue weighted by Gasteiger charge is 2.48. The molecular formula is C28H37NO3. The van der Waals surface area contributed by atoms with Crippen molar-refractivity contribution in [2.45, 2.75) is 76.0 Å². The van der Waals surface area contributed by atoms with Gasteiger partial charge in [0.05, 0.1) is 0 Å². The molecule has 172 valence electrons. The third-order valence-corrected chi connectivity index (χ3v) is 7.71. The maximum Gasteiger partial charge on any atom is 0.343 e. The van der Waals surface area contributed by atoms with Gasteiger partial charge in [-0.2, -0.15) is 0 Å². The summed E-state index contributed by atoms with van der Waals surface area (Å²) < 4.78 is 6.02. The number of carbonyl (C=O) groups is 1. The van der Waals surface area contributed by atoms with Crippen LogP contribution in [0.5, 0.6) is 0 Å². The number of benzene rings is 2. The molecule has 1 aliphatic carbocycles. The lowest BCUT2D eigenvalue weighted by Crippen LogP contribution is -2.50. The van der Waals surface area contributed by atoms with Crippen LogP contribution in [0.2, 0.25) is 0 Å². The van der Waals surface area contributed by atoms with Crippen molar-refractivity contribution in [3.8, 4) is 0 Å². The Morgan fingerprint density at radius 2 is 1.38 bits per heavy atom. The molecular weight excluding hydrogens is 398 g/mol. The van der Waals surface area contributed by atoms with Gasteiger partial charge in [-0.05, 0) is 50.7 Å². The van der Waals surface area contributed by atoms with Gasteiger partial charge < -0.3 is 9.84 Å².